The second kappa shape index (κ2) is 9.57. The molecule has 0 radical (unpaired) electrons. The van der Waals surface area contributed by atoms with Crippen molar-refractivity contribution < 1.29 is 28.3 Å². The number of nitrogens with zero attached hydrogens (tertiary/aromatic N) is 1. The molecule has 2 amide bonds. The summed E-state index contributed by atoms with van der Waals surface area (Å²) in [5.41, 5.74) is 1.69. The highest BCUT2D eigenvalue weighted by atomic mass is 32.2. The smallest absolute Gasteiger partial charge is 0.379 e. The van der Waals surface area contributed by atoms with Gasteiger partial charge in [0.1, 0.15) is 18.1 Å². The van der Waals surface area contributed by atoms with Crippen LogP contribution < -0.4 is 9.47 Å². The van der Waals surface area contributed by atoms with Crippen LogP contribution in [0.5, 0.6) is 11.5 Å². The highest BCUT2D eigenvalue weighted by molar-refractivity contribution is 8.18. The lowest BCUT2D eigenvalue weighted by molar-refractivity contribution is -0.123. The normalized spacial score (nSPS) is 14.8. The van der Waals surface area contributed by atoms with Gasteiger partial charge in [0, 0.05) is 0 Å². The Morgan fingerprint density at radius 1 is 1.06 bits per heavy atom. The van der Waals surface area contributed by atoms with E-state index in [0.717, 1.165) is 22.2 Å². The Kier molecular flexibility index (Phi) is 6.42. The predicted octanol–water partition coefficient (Wildman–Crippen LogP) is 4.92. The minimum Gasteiger partial charge on any atom is -0.492 e. The molecule has 1 aromatic heterocycles. The van der Waals surface area contributed by atoms with Crippen molar-refractivity contribution in [1.82, 2.24) is 4.90 Å². The second-order valence-electron chi connectivity index (χ2n) is 6.94. The van der Waals surface area contributed by atoms with Crippen molar-refractivity contribution in [2.45, 2.75) is 6.92 Å². The maximum atomic E-state index is 12.7. The van der Waals surface area contributed by atoms with Crippen LogP contribution >= 0.6 is 11.8 Å². The van der Waals surface area contributed by atoms with Crippen molar-refractivity contribution in [2.24, 2.45) is 0 Å². The molecular formula is C24H19NO6S. The van der Waals surface area contributed by atoms with Crippen molar-refractivity contribution in [3.8, 4) is 11.5 Å². The van der Waals surface area contributed by atoms with Crippen molar-refractivity contribution in [2.75, 3.05) is 13.2 Å². The van der Waals surface area contributed by atoms with Gasteiger partial charge in [0.15, 0.2) is 0 Å². The van der Waals surface area contributed by atoms with E-state index in [1.165, 1.54) is 12.3 Å². The molecule has 8 heteroatoms. The summed E-state index contributed by atoms with van der Waals surface area (Å²) in [5, 5.41) is -0.352. The summed E-state index contributed by atoms with van der Waals surface area (Å²) in [4.78, 5) is 38.5. The van der Waals surface area contributed by atoms with Gasteiger partial charge in [-0.25, -0.2) is 4.79 Å². The van der Waals surface area contributed by atoms with E-state index < -0.39 is 5.97 Å². The van der Waals surface area contributed by atoms with Crippen molar-refractivity contribution in [3.05, 3.63) is 88.7 Å². The molecule has 0 atom stereocenters. The number of rotatable bonds is 7. The van der Waals surface area contributed by atoms with Gasteiger partial charge in [-0.05, 0) is 72.3 Å². The van der Waals surface area contributed by atoms with E-state index in [-0.39, 0.29) is 30.1 Å². The molecule has 0 spiro atoms. The molecule has 0 aliphatic carbocycles. The van der Waals surface area contributed by atoms with Gasteiger partial charge in [0.2, 0.25) is 5.76 Å². The van der Waals surface area contributed by atoms with Crippen LogP contribution in [-0.4, -0.2) is 35.2 Å². The minimum absolute atomic E-state index is 0.0874. The molecule has 2 aromatic carbocycles. The molecule has 0 N–H and O–H groups in total. The molecule has 2 heterocycles. The van der Waals surface area contributed by atoms with E-state index in [2.05, 4.69) is 0 Å². The van der Waals surface area contributed by atoms with Gasteiger partial charge in [-0.1, -0.05) is 24.3 Å². The summed E-state index contributed by atoms with van der Waals surface area (Å²) in [6.07, 6.45) is 2.98. The standard InChI is InChI=1S/C24H19NO6S/c1-16-5-2-7-18(13-16)29-12-10-25-22(26)21(32-24(25)28)15-17-6-3-8-19(14-17)31-23(27)20-9-4-11-30-20/h2-9,11,13-15H,10,12H2,1H3/b21-15-. The SMILES string of the molecule is Cc1cccc(OCCN2C(=O)S/C(=C\c3cccc(OC(=O)c4ccco4)c3)C2=O)c1. The summed E-state index contributed by atoms with van der Waals surface area (Å²) >= 11 is 0.863. The Morgan fingerprint density at radius 3 is 2.66 bits per heavy atom. The van der Waals surface area contributed by atoms with Gasteiger partial charge in [-0.3, -0.25) is 14.5 Å². The van der Waals surface area contributed by atoms with E-state index in [0.29, 0.717) is 22.0 Å². The van der Waals surface area contributed by atoms with Gasteiger partial charge < -0.3 is 13.9 Å². The first-order chi connectivity index (χ1) is 15.5. The Balaban J connectivity index is 1.39. The first-order valence-corrected chi connectivity index (χ1v) is 10.6. The molecule has 0 saturated carbocycles. The number of benzene rings is 2. The van der Waals surface area contributed by atoms with E-state index >= 15 is 0 Å². The Hall–Kier alpha value is -3.78. The van der Waals surface area contributed by atoms with E-state index in [9.17, 15) is 14.4 Å². The predicted molar refractivity (Wildman–Crippen MR) is 119 cm³/mol. The third-order valence-corrected chi connectivity index (χ3v) is 5.44. The molecule has 4 rings (SSSR count). The zero-order valence-electron chi connectivity index (χ0n) is 17.1. The molecule has 0 unspecified atom stereocenters. The van der Waals surface area contributed by atoms with Crippen LogP contribution in [-0.2, 0) is 4.79 Å². The average Bonchev–Trinajstić information content (AvgIpc) is 3.39. The van der Waals surface area contributed by atoms with E-state index in [1.54, 1.807) is 36.4 Å². The zero-order chi connectivity index (χ0) is 22.5. The number of furan rings is 1. The summed E-state index contributed by atoms with van der Waals surface area (Å²) in [7, 11) is 0. The van der Waals surface area contributed by atoms with Crippen LogP contribution in [0.2, 0.25) is 0 Å². The topological polar surface area (TPSA) is 86.0 Å². The van der Waals surface area contributed by atoms with Crippen LogP contribution in [0.3, 0.4) is 0 Å². The second-order valence-corrected chi connectivity index (χ2v) is 7.93. The van der Waals surface area contributed by atoms with Crippen LogP contribution in [0.4, 0.5) is 4.79 Å². The molecule has 7 nitrogen and oxygen atoms in total. The molecule has 1 fully saturated rings. The molecular weight excluding hydrogens is 430 g/mol. The first kappa shape index (κ1) is 21.5. The van der Waals surface area contributed by atoms with Crippen LogP contribution in [0, 0.1) is 6.92 Å². The van der Waals surface area contributed by atoms with Gasteiger partial charge in [-0.2, -0.15) is 0 Å². The number of aryl methyl sites for hydroxylation is 1. The first-order valence-electron chi connectivity index (χ1n) is 9.80. The van der Waals surface area contributed by atoms with Gasteiger partial charge in [0.25, 0.3) is 11.1 Å². The summed E-state index contributed by atoms with van der Waals surface area (Å²) in [6, 6.07) is 17.3. The van der Waals surface area contributed by atoms with E-state index in [1.807, 2.05) is 31.2 Å². The number of esters is 1. The maximum Gasteiger partial charge on any atom is 0.379 e. The van der Waals surface area contributed by atoms with Gasteiger partial charge in [0.05, 0.1) is 17.7 Å². The number of carbonyl (C=O) groups is 3. The van der Waals surface area contributed by atoms with Crippen molar-refractivity contribution in [3.63, 3.8) is 0 Å². The fraction of sp³-hybridized carbons (Fsp3) is 0.125. The average molecular weight is 449 g/mol. The van der Waals surface area contributed by atoms with Crippen LogP contribution in [0.1, 0.15) is 21.7 Å². The minimum atomic E-state index is -0.624. The van der Waals surface area contributed by atoms with Gasteiger partial charge >= 0.3 is 5.97 Å². The molecule has 1 saturated heterocycles. The highest BCUT2D eigenvalue weighted by Crippen LogP contribution is 2.32. The number of thioether (sulfide) groups is 1. The lowest BCUT2D eigenvalue weighted by Gasteiger charge is -2.13. The molecule has 0 bridgehead atoms. The van der Waals surface area contributed by atoms with Crippen LogP contribution in [0.15, 0.2) is 76.2 Å². The maximum absolute atomic E-state index is 12.7. The third-order valence-electron chi connectivity index (χ3n) is 4.54. The molecule has 162 valence electrons. The lowest BCUT2D eigenvalue weighted by Crippen LogP contribution is -2.32. The van der Waals surface area contributed by atoms with E-state index in [4.69, 9.17) is 13.9 Å². The number of ether oxygens (including phenoxy) is 2. The Bertz CT molecular complexity index is 1180. The summed E-state index contributed by atoms with van der Waals surface area (Å²) in [6.45, 7) is 2.31. The largest absolute Gasteiger partial charge is 0.492 e. The van der Waals surface area contributed by atoms with Crippen molar-refractivity contribution >= 4 is 35.0 Å². The number of amides is 2. The number of carbonyl (C=O) groups excluding carboxylic acids is 3. The Morgan fingerprint density at radius 2 is 1.88 bits per heavy atom. The monoisotopic (exact) mass is 449 g/mol. The summed E-state index contributed by atoms with van der Waals surface area (Å²) < 4.78 is 16.0. The number of imide groups is 1. The number of hydrogen-bond acceptors (Lipinski definition) is 7. The third kappa shape index (κ3) is 5.09. The molecule has 3 aromatic rings. The fourth-order valence-corrected chi connectivity index (χ4v) is 3.89. The molecule has 1 aliphatic rings. The number of hydrogen-bond donors (Lipinski definition) is 0. The van der Waals surface area contributed by atoms with Gasteiger partial charge in [-0.15, -0.1) is 0 Å². The fourth-order valence-electron chi connectivity index (χ4n) is 3.02. The zero-order valence-corrected chi connectivity index (χ0v) is 18.0. The Labute approximate surface area is 188 Å². The molecule has 32 heavy (non-hydrogen) atoms. The van der Waals surface area contributed by atoms with Crippen molar-refractivity contribution in [1.29, 1.82) is 0 Å². The highest BCUT2D eigenvalue weighted by Gasteiger charge is 2.34. The summed E-state index contributed by atoms with van der Waals surface area (Å²) in [5.74, 6) is 0.0654. The lowest BCUT2D eigenvalue weighted by atomic mass is 10.2. The quantitative estimate of drug-likeness (QED) is 0.287. The molecule has 1 aliphatic heterocycles. The van der Waals surface area contributed by atoms with Crippen LogP contribution in [0.25, 0.3) is 6.08 Å².